The minimum absolute atomic E-state index is 0.317. The molecule has 11 heteroatoms. The Bertz CT molecular complexity index is 831. The number of methoxy groups -OCH3 is 2. The Balaban J connectivity index is 3.53. The van der Waals surface area contributed by atoms with Crippen LogP contribution in [0.1, 0.15) is 5.56 Å². The maximum Gasteiger partial charge on any atom is 0.267 e. The van der Waals surface area contributed by atoms with Crippen molar-refractivity contribution in [2.45, 2.75) is 15.7 Å². The molecule has 1 rings (SSSR count). The number of benzene rings is 1. The molecular formula is C14H22O8S3. The largest absolute Gasteiger partial charge is 0.384 e. The van der Waals surface area contributed by atoms with E-state index in [1.165, 1.54) is 38.5 Å². The van der Waals surface area contributed by atoms with Crippen molar-refractivity contribution in [1.82, 2.24) is 0 Å². The zero-order valence-electron chi connectivity index (χ0n) is 14.2. The Labute approximate surface area is 148 Å². The second kappa shape index (κ2) is 8.58. The van der Waals surface area contributed by atoms with Crippen molar-refractivity contribution in [2.75, 3.05) is 38.9 Å². The summed E-state index contributed by atoms with van der Waals surface area (Å²) < 4.78 is 82.4. The van der Waals surface area contributed by atoms with Gasteiger partial charge in [-0.3, -0.25) is 0 Å². The van der Waals surface area contributed by atoms with Gasteiger partial charge in [-0.15, -0.1) is 0 Å². The summed E-state index contributed by atoms with van der Waals surface area (Å²) in [4.78, 5) is -0.370. The molecule has 0 saturated carbocycles. The molecule has 0 fully saturated rings. The second-order valence-electron chi connectivity index (χ2n) is 5.37. The zero-order valence-corrected chi connectivity index (χ0v) is 16.7. The van der Waals surface area contributed by atoms with Gasteiger partial charge in [0.05, 0.1) is 29.6 Å². The predicted octanol–water partition coefficient (Wildman–Crippen LogP) is 0.175. The predicted molar refractivity (Wildman–Crippen MR) is 93.5 cm³/mol. The third-order valence-corrected chi connectivity index (χ3v) is 12.5. The number of ether oxygens (including phenoxy) is 2. The quantitative estimate of drug-likeness (QED) is 0.531. The fourth-order valence-electron chi connectivity index (χ4n) is 2.04. The zero-order chi connectivity index (χ0) is 19.3. The van der Waals surface area contributed by atoms with Gasteiger partial charge in [0.1, 0.15) is 0 Å². The molecule has 0 N–H and O–H groups in total. The van der Waals surface area contributed by atoms with Gasteiger partial charge in [0.15, 0.2) is 19.7 Å². The molecule has 0 bridgehead atoms. The Morgan fingerprint density at radius 3 is 1.56 bits per heavy atom. The molecule has 0 saturated heterocycles. The van der Waals surface area contributed by atoms with Gasteiger partial charge in [0.25, 0.3) is 3.91 Å². The summed E-state index contributed by atoms with van der Waals surface area (Å²) in [5.41, 5.74) is 0.750. The third-order valence-electron chi connectivity index (χ3n) is 3.33. The highest BCUT2D eigenvalue weighted by Gasteiger charge is 2.48. The maximum absolute atomic E-state index is 12.8. The first-order valence-corrected chi connectivity index (χ1v) is 12.2. The number of hydrogen-bond donors (Lipinski definition) is 0. The Morgan fingerprint density at radius 2 is 1.20 bits per heavy atom. The van der Waals surface area contributed by atoms with Crippen LogP contribution in [0.25, 0.3) is 0 Å². The van der Waals surface area contributed by atoms with Crippen LogP contribution in [0.5, 0.6) is 0 Å². The van der Waals surface area contributed by atoms with Crippen molar-refractivity contribution in [3.63, 3.8) is 0 Å². The van der Waals surface area contributed by atoms with E-state index in [1.54, 1.807) is 6.92 Å². The van der Waals surface area contributed by atoms with Crippen LogP contribution in [0.4, 0.5) is 0 Å². The molecule has 0 spiro atoms. The maximum atomic E-state index is 12.8. The fourth-order valence-corrected chi connectivity index (χ4v) is 10.7. The van der Waals surface area contributed by atoms with Crippen LogP contribution < -0.4 is 0 Å². The van der Waals surface area contributed by atoms with Gasteiger partial charge in [-0.25, -0.2) is 25.3 Å². The first kappa shape index (κ1) is 22.0. The van der Waals surface area contributed by atoms with E-state index >= 15 is 0 Å². The van der Waals surface area contributed by atoms with Crippen LogP contribution in [0, 0.1) is 6.92 Å². The lowest BCUT2D eigenvalue weighted by Gasteiger charge is -2.19. The van der Waals surface area contributed by atoms with E-state index in [0.29, 0.717) is 0 Å². The van der Waals surface area contributed by atoms with Gasteiger partial charge in [0, 0.05) is 14.2 Å². The van der Waals surface area contributed by atoms with Crippen LogP contribution in [0.2, 0.25) is 0 Å². The minimum Gasteiger partial charge on any atom is -0.384 e. The highest BCUT2D eigenvalue weighted by molar-refractivity contribution is 8.24. The van der Waals surface area contributed by atoms with Crippen LogP contribution >= 0.6 is 0 Å². The molecule has 8 nitrogen and oxygen atoms in total. The number of rotatable bonds is 10. The molecule has 0 radical (unpaired) electrons. The Hall–Kier alpha value is -1.01. The van der Waals surface area contributed by atoms with Gasteiger partial charge in [-0.05, 0) is 19.1 Å². The molecule has 1 aromatic rings. The molecule has 1 aromatic carbocycles. The average Bonchev–Trinajstić information content (AvgIpc) is 2.50. The average molecular weight is 415 g/mol. The summed E-state index contributed by atoms with van der Waals surface area (Å²) in [7, 11) is -11.3. The third kappa shape index (κ3) is 5.48. The molecule has 0 aromatic heterocycles. The van der Waals surface area contributed by atoms with E-state index in [2.05, 4.69) is 9.47 Å². The van der Waals surface area contributed by atoms with Crippen molar-refractivity contribution in [1.29, 1.82) is 0 Å². The van der Waals surface area contributed by atoms with Crippen LogP contribution in [0.15, 0.2) is 29.2 Å². The minimum atomic E-state index is -4.68. The van der Waals surface area contributed by atoms with E-state index < -0.39 is 44.9 Å². The van der Waals surface area contributed by atoms with Crippen molar-refractivity contribution in [3.05, 3.63) is 29.8 Å². The second-order valence-corrected chi connectivity index (χ2v) is 12.7. The molecular weight excluding hydrogens is 392 g/mol. The summed E-state index contributed by atoms with van der Waals surface area (Å²) in [6, 6.07) is 5.31. The van der Waals surface area contributed by atoms with Crippen LogP contribution in [0.3, 0.4) is 0 Å². The number of sulfone groups is 3. The molecule has 0 aliphatic rings. The lowest BCUT2D eigenvalue weighted by Crippen LogP contribution is -2.42. The van der Waals surface area contributed by atoms with Crippen molar-refractivity contribution in [2.24, 2.45) is 0 Å². The molecule has 25 heavy (non-hydrogen) atoms. The molecule has 0 amide bonds. The van der Waals surface area contributed by atoms with E-state index in [9.17, 15) is 25.3 Å². The SMILES string of the molecule is COCCS(=O)(=O)C(S(=O)(=O)CCOC)S(=O)(=O)c1ccc(C)cc1. The monoisotopic (exact) mass is 414 g/mol. The Kier molecular flexibility index (Phi) is 7.56. The molecule has 0 aliphatic heterocycles. The highest BCUT2D eigenvalue weighted by atomic mass is 32.3. The standard InChI is InChI=1S/C14H22O8S3/c1-12-4-6-13(7-5-12)25(19,20)14(23(15,16)10-8-21-2)24(17,18)11-9-22-3/h4-7,14H,8-11H2,1-3H3. The molecule has 0 heterocycles. The van der Waals surface area contributed by atoms with E-state index in [-0.39, 0.29) is 18.1 Å². The van der Waals surface area contributed by atoms with E-state index in [4.69, 9.17) is 0 Å². The van der Waals surface area contributed by atoms with Gasteiger partial charge in [-0.1, -0.05) is 17.7 Å². The lowest BCUT2D eigenvalue weighted by molar-refractivity contribution is 0.216. The fraction of sp³-hybridized carbons (Fsp3) is 0.571. The smallest absolute Gasteiger partial charge is 0.267 e. The van der Waals surface area contributed by atoms with Crippen molar-refractivity contribution in [3.8, 4) is 0 Å². The normalized spacial score (nSPS) is 13.3. The Morgan fingerprint density at radius 1 is 0.800 bits per heavy atom. The van der Waals surface area contributed by atoms with Crippen LogP contribution in [-0.2, 0) is 39.0 Å². The van der Waals surface area contributed by atoms with Crippen molar-refractivity contribution < 1.29 is 34.7 Å². The van der Waals surface area contributed by atoms with Gasteiger partial charge < -0.3 is 9.47 Å². The van der Waals surface area contributed by atoms with Gasteiger partial charge in [-0.2, -0.15) is 0 Å². The summed E-state index contributed by atoms with van der Waals surface area (Å²) in [5.74, 6) is -1.46. The number of hydrogen-bond acceptors (Lipinski definition) is 8. The summed E-state index contributed by atoms with van der Waals surface area (Å²) in [5, 5.41) is 0. The lowest BCUT2D eigenvalue weighted by atomic mass is 10.2. The molecule has 0 aliphatic carbocycles. The first-order valence-electron chi connectivity index (χ1n) is 7.20. The summed E-state index contributed by atoms with van der Waals surface area (Å²) in [6.45, 7) is 1.09. The summed E-state index contributed by atoms with van der Waals surface area (Å²) >= 11 is 0. The van der Waals surface area contributed by atoms with E-state index in [1.807, 2.05) is 0 Å². The molecule has 0 atom stereocenters. The van der Waals surface area contributed by atoms with Crippen molar-refractivity contribution >= 4 is 29.5 Å². The van der Waals surface area contributed by atoms with Gasteiger partial charge in [0.2, 0.25) is 9.84 Å². The van der Waals surface area contributed by atoms with E-state index in [0.717, 1.165) is 5.56 Å². The van der Waals surface area contributed by atoms with Crippen LogP contribution in [-0.4, -0.2) is 68.1 Å². The number of aryl methyl sites for hydroxylation is 1. The van der Waals surface area contributed by atoms with Gasteiger partial charge >= 0.3 is 0 Å². The first-order chi connectivity index (χ1) is 11.5. The summed E-state index contributed by atoms with van der Waals surface area (Å²) in [6.07, 6.45) is 0. The molecule has 144 valence electrons. The molecule has 0 unspecified atom stereocenters. The highest BCUT2D eigenvalue weighted by Crippen LogP contribution is 2.26. The topological polar surface area (TPSA) is 121 Å².